The Morgan fingerprint density at radius 2 is 2.21 bits per heavy atom. The second-order valence-corrected chi connectivity index (χ2v) is 4.41. The lowest BCUT2D eigenvalue weighted by Crippen LogP contribution is -2.34. The Bertz CT molecular complexity index is 612. The monoisotopic (exact) mass is 263 g/mol. The van der Waals surface area contributed by atoms with Crippen LogP contribution >= 0.6 is 0 Å². The van der Waals surface area contributed by atoms with Crippen molar-refractivity contribution in [3.63, 3.8) is 0 Å². The van der Waals surface area contributed by atoms with Crippen molar-refractivity contribution < 1.29 is 9.13 Å². The maximum atomic E-state index is 13.5. The van der Waals surface area contributed by atoms with Crippen LogP contribution in [0.4, 0.5) is 15.8 Å². The van der Waals surface area contributed by atoms with Crippen molar-refractivity contribution in [2.24, 2.45) is 0 Å². The van der Waals surface area contributed by atoms with Gasteiger partial charge in [0, 0.05) is 25.2 Å². The van der Waals surface area contributed by atoms with Crippen molar-refractivity contribution in [1.29, 1.82) is 0 Å². The summed E-state index contributed by atoms with van der Waals surface area (Å²) in [6, 6.07) is 2.91. The molecule has 0 aliphatic carbocycles. The van der Waals surface area contributed by atoms with Crippen LogP contribution < -0.4 is 15.4 Å². The van der Waals surface area contributed by atoms with Crippen molar-refractivity contribution in [1.82, 2.24) is 14.8 Å². The highest BCUT2D eigenvalue weighted by molar-refractivity contribution is 5.70. The summed E-state index contributed by atoms with van der Waals surface area (Å²) in [5.74, 6) is 0.606. The third kappa shape index (κ3) is 1.96. The highest BCUT2D eigenvalue weighted by Crippen LogP contribution is 2.32. The molecule has 0 amide bonds. The van der Waals surface area contributed by atoms with Gasteiger partial charge in [-0.3, -0.25) is 0 Å². The van der Waals surface area contributed by atoms with E-state index >= 15 is 0 Å². The third-order valence-electron chi connectivity index (χ3n) is 3.28. The largest absolute Gasteiger partial charge is 0.494 e. The fourth-order valence-electron chi connectivity index (χ4n) is 2.26. The smallest absolute Gasteiger partial charge is 0.167 e. The first kappa shape index (κ1) is 11.8. The van der Waals surface area contributed by atoms with E-state index in [1.165, 1.54) is 13.2 Å². The number of hydrogen-bond donors (Lipinski definition) is 1. The molecule has 0 saturated carbocycles. The third-order valence-corrected chi connectivity index (χ3v) is 3.28. The Hall–Kier alpha value is -2.31. The summed E-state index contributed by atoms with van der Waals surface area (Å²) >= 11 is 0. The van der Waals surface area contributed by atoms with Gasteiger partial charge in [-0.15, -0.1) is 10.2 Å². The summed E-state index contributed by atoms with van der Waals surface area (Å²) in [6.07, 6.45) is 1.71. The molecular formula is C12H14FN5O. The van der Waals surface area contributed by atoms with Gasteiger partial charge in [0.1, 0.15) is 6.33 Å². The normalized spacial score (nSPS) is 14.3. The lowest BCUT2D eigenvalue weighted by Gasteiger charge is -2.30. The lowest BCUT2D eigenvalue weighted by molar-refractivity contribution is 0.386. The molecule has 2 N–H and O–H groups in total. The first-order valence-corrected chi connectivity index (χ1v) is 5.93. The van der Waals surface area contributed by atoms with E-state index in [4.69, 9.17) is 10.5 Å². The fourth-order valence-corrected chi connectivity index (χ4v) is 2.26. The van der Waals surface area contributed by atoms with E-state index in [0.29, 0.717) is 12.2 Å². The minimum atomic E-state index is -0.455. The minimum absolute atomic E-state index is 0.191. The number of halogens is 1. The number of nitrogens with two attached hydrogens (primary N) is 1. The van der Waals surface area contributed by atoms with Gasteiger partial charge in [-0.25, -0.2) is 4.39 Å². The highest BCUT2D eigenvalue weighted by atomic mass is 19.1. The van der Waals surface area contributed by atoms with Crippen molar-refractivity contribution in [3.8, 4) is 5.75 Å². The van der Waals surface area contributed by atoms with E-state index < -0.39 is 5.82 Å². The molecule has 0 atom stereocenters. The molecule has 19 heavy (non-hydrogen) atoms. The molecule has 7 heteroatoms. The number of benzene rings is 1. The van der Waals surface area contributed by atoms with Crippen LogP contribution in [0.5, 0.6) is 5.75 Å². The predicted molar refractivity (Wildman–Crippen MR) is 68.4 cm³/mol. The van der Waals surface area contributed by atoms with Crippen molar-refractivity contribution in [2.75, 3.05) is 24.3 Å². The van der Waals surface area contributed by atoms with E-state index in [-0.39, 0.29) is 5.75 Å². The first-order valence-electron chi connectivity index (χ1n) is 5.93. The Kier molecular flexibility index (Phi) is 2.73. The fraction of sp³-hybridized carbons (Fsp3) is 0.333. The molecule has 6 nitrogen and oxygen atoms in total. The van der Waals surface area contributed by atoms with Gasteiger partial charge in [0.05, 0.1) is 25.0 Å². The van der Waals surface area contributed by atoms with Crippen LogP contribution in [0.2, 0.25) is 0 Å². The second-order valence-electron chi connectivity index (χ2n) is 4.41. The summed E-state index contributed by atoms with van der Waals surface area (Å²) in [5, 5.41) is 7.92. The van der Waals surface area contributed by atoms with Crippen LogP contribution in [0.3, 0.4) is 0 Å². The summed E-state index contributed by atoms with van der Waals surface area (Å²) in [6.45, 7) is 2.14. The van der Waals surface area contributed by atoms with Gasteiger partial charge in [0.15, 0.2) is 17.4 Å². The molecule has 2 heterocycles. The Morgan fingerprint density at radius 3 is 3.00 bits per heavy atom. The summed E-state index contributed by atoms with van der Waals surface area (Å²) in [5.41, 5.74) is 7.04. The quantitative estimate of drug-likeness (QED) is 0.819. The molecular weight excluding hydrogens is 249 g/mol. The van der Waals surface area contributed by atoms with E-state index in [9.17, 15) is 4.39 Å². The van der Waals surface area contributed by atoms with Crippen LogP contribution in [-0.2, 0) is 13.1 Å². The molecule has 0 spiro atoms. The molecule has 0 bridgehead atoms. The van der Waals surface area contributed by atoms with Crippen LogP contribution in [-0.4, -0.2) is 28.4 Å². The second kappa shape index (κ2) is 4.42. The van der Waals surface area contributed by atoms with E-state index in [2.05, 4.69) is 10.2 Å². The maximum Gasteiger partial charge on any atom is 0.167 e. The maximum absolute atomic E-state index is 13.5. The summed E-state index contributed by atoms with van der Waals surface area (Å²) in [4.78, 5) is 2.04. The SMILES string of the molecule is COc1cc(N2CCn3cnnc3C2)c(N)cc1F. The van der Waals surface area contributed by atoms with Gasteiger partial charge in [0.25, 0.3) is 0 Å². The van der Waals surface area contributed by atoms with Crippen LogP contribution in [0.15, 0.2) is 18.5 Å². The number of methoxy groups -OCH3 is 1. The highest BCUT2D eigenvalue weighted by Gasteiger charge is 2.21. The zero-order chi connectivity index (χ0) is 13.4. The van der Waals surface area contributed by atoms with E-state index in [0.717, 1.165) is 24.6 Å². The molecule has 0 saturated heterocycles. The van der Waals surface area contributed by atoms with Gasteiger partial charge in [0.2, 0.25) is 0 Å². The number of rotatable bonds is 2. The van der Waals surface area contributed by atoms with Crippen LogP contribution in [0.25, 0.3) is 0 Å². The van der Waals surface area contributed by atoms with Crippen molar-refractivity contribution in [2.45, 2.75) is 13.1 Å². The Morgan fingerprint density at radius 1 is 1.37 bits per heavy atom. The standard InChI is InChI=1S/C12H14FN5O/c1-19-11-5-10(9(14)4-8(11)13)17-2-3-18-7-15-16-12(18)6-17/h4-5,7H,2-3,6,14H2,1H3. The van der Waals surface area contributed by atoms with Crippen molar-refractivity contribution >= 4 is 11.4 Å². The zero-order valence-electron chi connectivity index (χ0n) is 10.5. The molecule has 1 aliphatic heterocycles. The molecule has 3 rings (SSSR count). The number of nitrogens with zero attached hydrogens (tertiary/aromatic N) is 4. The topological polar surface area (TPSA) is 69.2 Å². The van der Waals surface area contributed by atoms with Gasteiger partial charge >= 0.3 is 0 Å². The lowest BCUT2D eigenvalue weighted by atomic mass is 10.2. The summed E-state index contributed by atoms with van der Waals surface area (Å²) in [7, 11) is 1.44. The zero-order valence-corrected chi connectivity index (χ0v) is 10.5. The van der Waals surface area contributed by atoms with Crippen molar-refractivity contribution in [3.05, 3.63) is 30.1 Å². The number of hydrogen-bond acceptors (Lipinski definition) is 5. The number of aromatic nitrogens is 3. The van der Waals surface area contributed by atoms with Gasteiger partial charge < -0.3 is 19.9 Å². The molecule has 0 fully saturated rings. The molecule has 100 valence electrons. The summed E-state index contributed by atoms with van der Waals surface area (Å²) < 4.78 is 20.5. The number of nitrogen functional groups attached to an aromatic ring is 1. The Labute approximate surface area is 109 Å². The number of anilines is 2. The molecule has 1 aromatic heterocycles. The predicted octanol–water partition coefficient (Wildman–Crippen LogP) is 1.03. The van der Waals surface area contributed by atoms with Gasteiger partial charge in [-0.2, -0.15) is 0 Å². The average Bonchev–Trinajstić information content (AvgIpc) is 2.86. The minimum Gasteiger partial charge on any atom is -0.494 e. The number of fused-ring (bicyclic) bond motifs is 1. The molecule has 2 aromatic rings. The first-order chi connectivity index (χ1) is 9.19. The van der Waals surface area contributed by atoms with Gasteiger partial charge in [-0.05, 0) is 0 Å². The Balaban J connectivity index is 1.95. The molecule has 0 radical (unpaired) electrons. The van der Waals surface area contributed by atoms with E-state index in [1.807, 2.05) is 9.47 Å². The van der Waals surface area contributed by atoms with Crippen LogP contribution in [0, 0.1) is 5.82 Å². The van der Waals surface area contributed by atoms with Crippen LogP contribution in [0.1, 0.15) is 5.82 Å². The van der Waals surface area contributed by atoms with E-state index in [1.54, 1.807) is 12.4 Å². The average molecular weight is 263 g/mol. The molecule has 1 aliphatic rings. The van der Waals surface area contributed by atoms with Gasteiger partial charge in [-0.1, -0.05) is 0 Å². The molecule has 0 unspecified atom stereocenters. The molecule has 1 aromatic carbocycles. The number of ether oxygens (including phenoxy) is 1.